The molecule has 0 spiro atoms. The van der Waals surface area contributed by atoms with Gasteiger partial charge in [-0.05, 0) is 80.1 Å². The van der Waals surface area contributed by atoms with Crippen LogP contribution in [0.1, 0.15) is 65.7 Å². The molecular weight excluding hydrogens is 364 g/mol. The van der Waals surface area contributed by atoms with Crippen molar-refractivity contribution < 1.29 is 9.59 Å². The van der Waals surface area contributed by atoms with Crippen LogP contribution in [0, 0.1) is 34.5 Å². The summed E-state index contributed by atoms with van der Waals surface area (Å²) in [5, 5.41) is 0. The Labute approximate surface area is 154 Å². The maximum Gasteiger partial charge on any atom is 0.155 e. The highest BCUT2D eigenvalue weighted by Gasteiger charge is 2.61. The van der Waals surface area contributed by atoms with E-state index in [1.807, 2.05) is 6.08 Å². The molecule has 0 saturated heterocycles. The van der Waals surface area contributed by atoms with Crippen molar-refractivity contribution in [2.45, 2.75) is 70.5 Å². The summed E-state index contributed by atoms with van der Waals surface area (Å²) >= 11 is 3.86. The SMILES string of the molecule is CC(=O)[C@H]1C(Br)C[C@H]2[C@@H]3CCC4=CC(=O)CC[C@]4(C)[C@H]3CC[C@]12C. The third-order valence-corrected chi connectivity index (χ3v) is 9.29. The van der Waals surface area contributed by atoms with Gasteiger partial charge in [-0.15, -0.1) is 0 Å². The topological polar surface area (TPSA) is 34.1 Å². The zero-order chi connectivity index (χ0) is 17.3. The van der Waals surface area contributed by atoms with Crippen molar-refractivity contribution in [3.8, 4) is 0 Å². The van der Waals surface area contributed by atoms with Crippen LogP contribution in [0.4, 0.5) is 0 Å². The minimum absolute atomic E-state index is 0.170. The average molecular weight is 393 g/mol. The molecule has 0 heterocycles. The van der Waals surface area contributed by atoms with E-state index in [0.717, 1.165) is 31.6 Å². The summed E-state index contributed by atoms with van der Waals surface area (Å²) < 4.78 is 0. The first-order chi connectivity index (χ1) is 11.3. The Hall–Kier alpha value is -0.440. The molecule has 2 nitrogen and oxygen atoms in total. The molecule has 4 aliphatic rings. The second-order valence-electron chi connectivity index (χ2n) is 9.35. The average Bonchev–Trinajstić information content (AvgIpc) is 2.78. The normalized spacial score (nSPS) is 50.6. The van der Waals surface area contributed by atoms with Gasteiger partial charge in [0.15, 0.2) is 5.78 Å². The predicted molar refractivity (Wildman–Crippen MR) is 99.0 cm³/mol. The highest BCUT2D eigenvalue weighted by Crippen LogP contribution is 2.67. The molecule has 24 heavy (non-hydrogen) atoms. The van der Waals surface area contributed by atoms with Gasteiger partial charge in [-0.2, -0.15) is 0 Å². The van der Waals surface area contributed by atoms with Gasteiger partial charge in [-0.3, -0.25) is 9.59 Å². The molecule has 7 atom stereocenters. The third kappa shape index (κ3) is 2.19. The van der Waals surface area contributed by atoms with E-state index < -0.39 is 0 Å². The third-order valence-electron chi connectivity index (χ3n) is 8.39. The number of fused-ring (bicyclic) bond motifs is 5. The van der Waals surface area contributed by atoms with Crippen LogP contribution in [0.25, 0.3) is 0 Å². The quantitative estimate of drug-likeness (QED) is 0.581. The number of alkyl halides is 1. The lowest BCUT2D eigenvalue weighted by Crippen LogP contribution is -2.51. The fourth-order valence-electron chi connectivity index (χ4n) is 7.25. The van der Waals surface area contributed by atoms with Gasteiger partial charge in [0.1, 0.15) is 5.78 Å². The Balaban J connectivity index is 1.69. The number of halogens is 1. The number of ketones is 2. The van der Waals surface area contributed by atoms with Gasteiger partial charge in [0.05, 0.1) is 0 Å². The molecule has 0 amide bonds. The fourth-order valence-corrected chi connectivity index (χ4v) is 8.63. The van der Waals surface area contributed by atoms with Crippen molar-refractivity contribution in [1.29, 1.82) is 0 Å². The highest BCUT2D eigenvalue weighted by atomic mass is 79.9. The van der Waals surface area contributed by atoms with Gasteiger partial charge in [-0.25, -0.2) is 0 Å². The monoisotopic (exact) mass is 392 g/mol. The Morgan fingerprint density at radius 3 is 2.62 bits per heavy atom. The molecule has 4 rings (SSSR count). The number of Topliss-reactive ketones (excluding diaryl/α,β-unsaturated/α-hetero) is 1. The minimum Gasteiger partial charge on any atom is -0.300 e. The first-order valence-electron chi connectivity index (χ1n) is 9.66. The van der Waals surface area contributed by atoms with Gasteiger partial charge in [-0.1, -0.05) is 35.4 Å². The second-order valence-corrected chi connectivity index (χ2v) is 10.5. The molecule has 0 aromatic carbocycles. The van der Waals surface area contributed by atoms with Crippen LogP contribution in [0.2, 0.25) is 0 Å². The lowest BCUT2D eigenvalue weighted by molar-refractivity contribution is -0.128. The number of rotatable bonds is 1. The molecular formula is C21H29BrO2. The molecule has 3 heteroatoms. The lowest BCUT2D eigenvalue weighted by Gasteiger charge is -2.58. The van der Waals surface area contributed by atoms with Crippen LogP contribution in [0.5, 0.6) is 0 Å². The molecule has 0 N–H and O–H groups in total. The van der Waals surface area contributed by atoms with E-state index in [9.17, 15) is 9.59 Å². The molecule has 132 valence electrons. The van der Waals surface area contributed by atoms with Crippen molar-refractivity contribution in [2.75, 3.05) is 0 Å². The highest BCUT2D eigenvalue weighted by molar-refractivity contribution is 9.09. The molecule has 3 fully saturated rings. The Morgan fingerprint density at radius 1 is 1.17 bits per heavy atom. The first-order valence-corrected chi connectivity index (χ1v) is 10.6. The lowest BCUT2D eigenvalue weighted by atomic mass is 9.47. The Bertz CT molecular complexity index is 623. The van der Waals surface area contributed by atoms with Crippen LogP contribution in [0.3, 0.4) is 0 Å². The van der Waals surface area contributed by atoms with Gasteiger partial charge >= 0.3 is 0 Å². The van der Waals surface area contributed by atoms with Crippen molar-refractivity contribution in [1.82, 2.24) is 0 Å². The van der Waals surface area contributed by atoms with E-state index in [0.29, 0.717) is 28.2 Å². The van der Waals surface area contributed by atoms with Crippen LogP contribution >= 0.6 is 15.9 Å². The van der Waals surface area contributed by atoms with E-state index in [-0.39, 0.29) is 16.7 Å². The fraction of sp³-hybridized carbons (Fsp3) is 0.810. The zero-order valence-corrected chi connectivity index (χ0v) is 16.7. The summed E-state index contributed by atoms with van der Waals surface area (Å²) in [6.07, 6.45) is 9.59. The molecule has 0 radical (unpaired) electrons. The van der Waals surface area contributed by atoms with Gasteiger partial charge in [0.25, 0.3) is 0 Å². The molecule has 4 aliphatic carbocycles. The standard InChI is InChI=1S/C21H29BrO2/c1-12(23)19-18(22)11-17-15-5-4-13-10-14(24)6-8-20(13,2)16(15)7-9-21(17,19)3/h10,15-19H,4-9,11H2,1-3H3/t15-,16+,17+,18?,19+,20+,21+/m1/s1. The van der Waals surface area contributed by atoms with Crippen molar-refractivity contribution in [2.24, 2.45) is 34.5 Å². The predicted octanol–water partition coefficient (Wildman–Crippen LogP) is 5.10. The van der Waals surface area contributed by atoms with Crippen molar-refractivity contribution in [3.05, 3.63) is 11.6 Å². The maximum absolute atomic E-state index is 12.3. The largest absolute Gasteiger partial charge is 0.300 e. The summed E-state index contributed by atoms with van der Waals surface area (Å²) in [7, 11) is 0. The van der Waals surface area contributed by atoms with E-state index in [1.54, 1.807) is 6.92 Å². The van der Waals surface area contributed by atoms with Crippen LogP contribution in [0.15, 0.2) is 11.6 Å². The smallest absolute Gasteiger partial charge is 0.155 e. The van der Waals surface area contributed by atoms with E-state index >= 15 is 0 Å². The summed E-state index contributed by atoms with van der Waals surface area (Å²) in [6.45, 7) is 6.60. The second kappa shape index (κ2) is 5.53. The number of hydrogen-bond donors (Lipinski definition) is 0. The molecule has 0 bridgehead atoms. The Morgan fingerprint density at radius 2 is 1.92 bits per heavy atom. The van der Waals surface area contributed by atoms with E-state index in [1.165, 1.54) is 24.8 Å². The first kappa shape index (κ1) is 17.0. The summed E-state index contributed by atoms with van der Waals surface area (Å²) in [5.74, 6) is 2.97. The molecule has 3 saturated carbocycles. The van der Waals surface area contributed by atoms with Gasteiger partial charge in [0.2, 0.25) is 0 Å². The van der Waals surface area contributed by atoms with Crippen molar-refractivity contribution >= 4 is 27.5 Å². The summed E-state index contributed by atoms with van der Waals surface area (Å²) in [6, 6.07) is 0. The van der Waals surface area contributed by atoms with E-state index in [4.69, 9.17) is 0 Å². The van der Waals surface area contributed by atoms with Crippen molar-refractivity contribution in [3.63, 3.8) is 0 Å². The molecule has 1 unspecified atom stereocenters. The number of carbonyl (C=O) groups excluding carboxylic acids is 2. The molecule has 0 aromatic rings. The van der Waals surface area contributed by atoms with Crippen LogP contribution in [-0.4, -0.2) is 16.4 Å². The zero-order valence-electron chi connectivity index (χ0n) is 15.1. The van der Waals surface area contributed by atoms with Crippen LogP contribution in [-0.2, 0) is 9.59 Å². The summed E-state index contributed by atoms with van der Waals surface area (Å²) in [5.41, 5.74) is 1.83. The van der Waals surface area contributed by atoms with E-state index in [2.05, 4.69) is 29.8 Å². The number of hydrogen-bond acceptors (Lipinski definition) is 2. The van der Waals surface area contributed by atoms with Crippen LogP contribution < -0.4 is 0 Å². The number of carbonyl (C=O) groups is 2. The molecule has 0 aliphatic heterocycles. The number of allylic oxidation sites excluding steroid dienone is 1. The maximum atomic E-state index is 12.3. The molecule has 0 aromatic heterocycles. The summed E-state index contributed by atoms with van der Waals surface area (Å²) in [4.78, 5) is 24.6. The Kier molecular flexibility index (Phi) is 3.91. The van der Waals surface area contributed by atoms with Gasteiger partial charge < -0.3 is 0 Å². The minimum atomic E-state index is 0.170. The van der Waals surface area contributed by atoms with Gasteiger partial charge in [0, 0.05) is 17.2 Å².